The van der Waals surface area contributed by atoms with Gasteiger partial charge < -0.3 is 10.3 Å². The van der Waals surface area contributed by atoms with E-state index in [-0.39, 0.29) is 0 Å². The summed E-state index contributed by atoms with van der Waals surface area (Å²) >= 11 is 6.21. The second-order valence-corrected chi connectivity index (χ2v) is 5.15. The highest BCUT2D eigenvalue weighted by Crippen LogP contribution is 2.34. The topological polar surface area (TPSA) is 51.6 Å². The predicted octanol–water partition coefficient (Wildman–Crippen LogP) is 3.16. The van der Waals surface area contributed by atoms with Crippen molar-refractivity contribution in [3.63, 3.8) is 0 Å². The second-order valence-electron chi connectivity index (χ2n) is 4.74. The van der Waals surface area contributed by atoms with Crippen LogP contribution in [0.15, 0.2) is 18.3 Å². The largest absolute Gasteiger partial charge is 0.360 e. The molecule has 4 heteroatoms. The molecular weight excluding hydrogens is 246 g/mol. The molecule has 0 spiro atoms. The van der Waals surface area contributed by atoms with Crippen molar-refractivity contribution in [3.8, 4) is 6.07 Å². The maximum atomic E-state index is 9.11. The van der Waals surface area contributed by atoms with E-state index in [0.29, 0.717) is 16.5 Å². The van der Waals surface area contributed by atoms with Gasteiger partial charge in [0.05, 0.1) is 16.1 Å². The smallest absolute Gasteiger partial charge is 0.101 e. The van der Waals surface area contributed by atoms with Crippen LogP contribution in [0.4, 0.5) is 0 Å². The molecule has 2 aromatic rings. The fraction of sp³-hybridized carbons (Fsp3) is 0.357. The third-order valence-corrected chi connectivity index (χ3v) is 3.99. The number of halogens is 1. The first-order valence-corrected chi connectivity index (χ1v) is 6.59. The highest BCUT2D eigenvalue weighted by atomic mass is 35.5. The van der Waals surface area contributed by atoms with Gasteiger partial charge >= 0.3 is 0 Å². The van der Waals surface area contributed by atoms with Crippen LogP contribution in [0.3, 0.4) is 0 Å². The number of fused-ring (bicyclic) bond motifs is 1. The van der Waals surface area contributed by atoms with Crippen molar-refractivity contribution >= 4 is 22.5 Å². The molecule has 3 rings (SSSR count). The zero-order valence-electron chi connectivity index (χ0n) is 9.96. The van der Waals surface area contributed by atoms with Crippen LogP contribution in [-0.2, 0) is 0 Å². The molecule has 0 radical (unpaired) electrons. The number of nitriles is 1. The summed E-state index contributed by atoms with van der Waals surface area (Å²) in [6.45, 7) is 2.10. The fourth-order valence-corrected chi connectivity index (χ4v) is 3.03. The highest BCUT2D eigenvalue weighted by Gasteiger charge is 2.20. The number of aromatic nitrogens is 1. The lowest BCUT2D eigenvalue weighted by atomic mass is 9.90. The maximum Gasteiger partial charge on any atom is 0.101 e. The van der Waals surface area contributed by atoms with E-state index in [1.807, 2.05) is 6.07 Å². The summed E-state index contributed by atoms with van der Waals surface area (Å²) in [6.07, 6.45) is 4.13. The summed E-state index contributed by atoms with van der Waals surface area (Å²) in [7, 11) is 0. The molecule has 2 heterocycles. The Morgan fingerprint density at radius 3 is 3.00 bits per heavy atom. The molecule has 1 saturated heterocycles. The molecule has 0 bridgehead atoms. The van der Waals surface area contributed by atoms with E-state index < -0.39 is 0 Å². The van der Waals surface area contributed by atoms with Crippen LogP contribution >= 0.6 is 11.6 Å². The fourth-order valence-electron chi connectivity index (χ4n) is 2.77. The first-order valence-electron chi connectivity index (χ1n) is 6.21. The number of nitrogens with one attached hydrogen (secondary N) is 2. The third-order valence-electron chi connectivity index (χ3n) is 3.67. The number of rotatable bonds is 1. The van der Waals surface area contributed by atoms with Crippen LogP contribution < -0.4 is 5.32 Å². The molecule has 1 aromatic carbocycles. The number of piperidine rings is 1. The SMILES string of the molecule is N#Cc1c[nH]c2c(C3CCCNC3)ccc(Cl)c12. The summed E-state index contributed by atoms with van der Waals surface area (Å²) in [5.41, 5.74) is 2.91. The van der Waals surface area contributed by atoms with Crippen molar-refractivity contribution in [3.05, 3.63) is 34.5 Å². The maximum absolute atomic E-state index is 9.11. The average molecular weight is 260 g/mol. The van der Waals surface area contributed by atoms with Gasteiger partial charge in [0.15, 0.2) is 0 Å². The molecule has 92 valence electrons. The minimum atomic E-state index is 0.503. The Bertz CT molecular complexity index is 618. The van der Waals surface area contributed by atoms with Crippen LogP contribution in [-0.4, -0.2) is 18.1 Å². The minimum absolute atomic E-state index is 0.503. The van der Waals surface area contributed by atoms with Crippen molar-refractivity contribution in [2.75, 3.05) is 13.1 Å². The molecule has 2 N–H and O–H groups in total. The normalized spacial score (nSPS) is 19.9. The number of H-pyrrole nitrogens is 1. The Balaban J connectivity index is 2.16. The van der Waals surface area contributed by atoms with Crippen LogP contribution in [0.5, 0.6) is 0 Å². The van der Waals surface area contributed by atoms with Gasteiger partial charge in [-0.05, 0) is 36.9 Å². The van der Waals surface area contributed by atoms with Gasteiger partial charge in [-0.3, -0.25) is 0 Å². The quantitative estimate of drug-likeness (QED) is 0.827. The lowest BCUT2D eigenvalue weighted by Crippen LogP contribution is -2.28. The first kappa shape index (κ1) is 11.6. The average Bonchev–Trinajstić information content (AvgIpc) is 2.85. The van der Waals surface area contributed by atoms with Crippen molar-refractivity contribution in [1.82, 2.24) is 10.3 Å². The van der Waals surface area contributed by atoms with Gasteiger partial charge in [0.2, 0.25) is 0 Å². The Hall–Kier alpha value is -1.50. The molecule has 18 heavy (non-hydrogen) atoms. The zero-order chi connectivity index (χ0) is 12.5. The van der Waals surface area contributed by atoms with E-state index in [4.69, 9.17) is 16.9 Å². The van der Waals surface area contributed by atoms with E-state index in [1.54, 1.807) is 6.20 Å². The summed E-state index contributed by atoms with van der Waals surface area (Å²) < 4.78 is 0. The highest BCUT2D eigenvalue weighted by molar-refractivity contribution is 6.36. The van der Waals surface area contributed by atoms with Gasteiger partial charge in [0.1, 0.15) is 6.07 Å². The van der Waals surface area contributed by atoms with E-state index in [2.05, 4.69) is 22.4 Å². The molecule has 1 atom stereocenters. The summed E-state index contributed by atoms with van der Waals surface area (Å²) in [6, 6.07) is 6.18. The summed E-state index contributed by atoms with van der Waals surface area (Å²) in [5.74, 6) is 0.503. The molecule has 1 unspecified atom stereocenters. The van der Waals surface area contributed by atoms with Gasteiger partial charge in [0, 0.05) is 18.1 Å². The van der Waals surface area contributed by atoms with Gasteiger partial charge in [-0.2, -0.15) is 5.26 Å². The molecule has 1 aliphatic rings. The lowest BCUT2D eigenvalue weighted by molar-refractivity contribution is 0.463. The number of hydrogen-bond acceptors (Lipinski definition) is 2. The van der Waals surface area contributed by atoms with Crippen LogP contribution in [0.2, 0.25) is 5.02 Å². The number of hydrogen-bond donors (Lipinski definition) is 2. The number of benzene rings is 1. The Morgan fingerprint density at radius 2 is 2.28 bits per heavy atom. The molecule has 3 nitrogen and oxygen atoms in total. The molecule has 1 fully saturated rings. The summed E-state index contributed by atoms with van der Waals surface area (Å²) in [4.78, 5) is 3.21. The van der Waals surface area contributed by atoms with Crippen molar-refractivity contribution < 1.29 is 0 Å². The lowest BCUT2D eigenvalue weighted by Gasteiger charge is -2.23. The second kappa shape index (κ2) is 4.64. The Labute approximate surface area is 111 Å². The third kappa shape index (κ3) is 1.78. The van der Waals surface area contributed by atoms with Crippen molar-refractivity contribution in [2.24, 2.45) is 0 Å². The van der Waals surface area contributed by atoms with E-state index in [9.17, 15) is 0 Å². The van der Waals surface area contributed by atoms with E-state index >= 15 is 0 Å². The first-order chi connectivity index (χ1) is 8.81. The monoisotopic (exact) mass is 259 g/mol. The van der Waals surface area contributed by atoms with Crippen LogP contribution in [0.1, 0.15) is 29.9 Å². The van der Waals surface area contributed by atoms with Gasteiger partial charge in [-0.1, -0.05) is 17.7 Å². The molecular formula is C14H14ClN3. The summed E-state index contributed by atoms with van der Waals surface area (Å²) in [5, 5.41) is 14.0. The van der Waals surface area contributed by atoms with Gasteiger partial charge in [-0.15, -0.1) is 0 Å². The predicted molar refractivity (Wildman–Crippen MR) is 72.9 cm³/mol. The molecule has 0 amide bonds. The standard InChI is InChI=1S/C14H14ClN3/c15-12-4-3-11(9-2-1-5-17-7-9)14-13(12)10(6-16)8-18-14/h3-4,8-9,17-18H,1-2,5,7H2. The van der Waals surface area contributed by atoms with Crippen LogP contribution in [0, 0.1) is 11.3 Å². The molecule has 0 saturated carbocycles. The van der Waals surface area contributed by atoms with E-state index in [0.717, 1.165) is 24.0 Å². The number of aromatic amines is 1. The number of nitrogens with zero attached hydrogens (tertiary/aromatic N) is 1. The van der Waals surface area contributed by atoms with E-state index in [1.165, 1.54) is 18.4 Å². The Morgan fingerprint density at radius 1 is 1.39 bits per heavy atom. The van der Waals surface area contributed by atoms with Crippen molar-refractivity contribution in [2.45, 2.75) is 18.8 Å². The van der Waals surface area contributed by atoms with Crippen LogP contribution in [0.25, 0.3) is 10.9 Å². The van der Waals surface area contributed by atoms with Crippen molar-refractivity contribution in [1.29, 1.82) is 5.26 Å². The van der Waals surface area contributed by atoms with Gasteiger partial charge in [-0.25, -0.2) is 0 Å². The molecule has 0 aliphatic carbocycles. The molecule has 1 aromatic heterocycles. The molecule has 1 aliphatic heterocycles. The zero-order valence-corrected chi connectivity index (χ0v) is 10.7. The Kier molecular flexibility index (Phi) is 2.99. The van der Waals surface area contributed by atoms with Gasteiger partial charge in [0.25, 0.3) is 0 Å². The minimum Gasteiger partial charge on any atom is -0.360 e.